The Morgan fingerprint density at radius 3 is 1.82 bits per heavy atom. The zero-order valence-corrected chi connectivity index (χ0v) is 15.5. The highest BCUT2D eigenvalue weighted by Gasteiger charge is 2.35. The molecule has 1 fully saturated rings. The van der Waals surface area contributed by atoms with Gasteiger partial charge in [0.05, 0.1) is 6.04 Å². The van der Waals surface area contributed by atoms with Crippen molar-refractivity contribution in [2.24, 2.45) is 23.2 Å². The van der Waals surface area contributed by atoms with Gasteiger partial charge in [0.2, 0.25) is 0 Å². The molecule has 0 aromatic rings. The molecule has 0 aromatic heterocycles. The van der Waals surface area contributed by atoms with Crippen LogP contribution in [0.15, 0.2) is 0 Å². The van der Waals surface area contributed by atoms with Crippen LogP contribution in [0.5, 0.6) is 0 Å². The molecular weight excluding hydrogens is 270 g/mol. The van der Waals surface area contributed by atoms with Gasteiger partial charge in [0.25, 0.3) is 0 Å². The minimum absolute atomic E-state index is 0. The lowest BCUT2D eigenvalue weighted by molar-refractivity contribution is -0.129. The monoisotopic (exact) mass is 311 g/mol. The zero-order chi connectivity index (χ0) is 16.4. The van der Waals surface area contributed by atoms with E-state index in [1.165, 1.54) is 19.3 Å². The quantitative estimate of drug-likeness (QED) is 0.747. The van der Waals surface area contributed by atoms with Crippen LogP contribution in [-0.2, 0) is 4.79 Å². The highest BCUT2D eigenvalue weighted by molar-refractivity contribution is 5.88. The largest absolute Gasteiger partial charge is 0.303 e. The number of nitrogens with one attached hydrogen (secondary N) is 1. The molecule has 3 unspecified atom stereocenters. The maximum absolute atomic E-state index is 12.8. The van der Waals surface area contributed by atoms with Gasteiger partial charge in [-0.05, 0) is 64.2 Å². The molecule has 0 aromatic carbocycles. The highest BCUT2D eigenvalue weighted by atomic mass is 16.1. The average molecular weight is 312 g/mol. The van der Waals surface area contributed by atoms with E-state index in [4.69, 9.17) is 0 Å². The third kappa shape index (κ3) is 7.26. The van der Waals surface area contributed by atoms with Crippen molar-refractivity contribution in [3.8, 4) is 0 Å². The number of rotatable bonds is 4. The van der Waals surface area contributed by atoms with Crippen molar-refractivity contribution in [1.29, 1.82) is 0 Å². The van der Waals surface area contributed by atoms with Crippen LogP contribution >= 0.6 is 0 Å². The summed E-state index contributed by atoms with van der Waals surface area (Å²) in [6, 6.07) is -0.00694. The van der Waals surface area contributed by atoms with Gasteiger partial charge in [-0.1, -0.05) is 42.0 Å². The molecular formula is C20H41NO. The lowest BCUT2D eigenvalue weighted by Gasteiger charge is -2.37. The van der Waals surface area contributed by atoms with E-state index in [-0.39, 0.29) is 24.4 Å². The first-order valence-corrected chi connectivity index (χ1v) is 8.70. The van der Waals surface area contributed by atoms with Gasteiger partial charge in [-0.15, -0.1) is 0 Å². The van der Waals surface area contributed by atoms with E-state index in [1.54, 1.807) is 0 Å². The van der Waals surface area contributed by atoms with Crippen LogP contribution in [0.3, 0.4) is 0 Å². The van der Waals surface area contributed by atoms with Crippen LogP contribution in [0.25, 0.3) is 0 Å². The first kappa shape index (κ1) is 21.6. The Morgan fingerprint density at radius 1 is 1.00 bits per heavy atom. The summed E-state index contributed by atoms with van der Waals surface area (Å²) in [5, 5.41) is 3.59. The average Bonchev–Trinajstić information content (AvgIpc) is 2.22. The predicted octanol–water partition coefficient (Wildman–Crippen LogP) is 5.46. The van der Waals surface area contributed by atoms with Crippen LogP contribution < -0.4 is 5.32 Å². The summed E-state index contributed by atoms with van der Waals surface area (Å²) >= 11 is 0. The summed E-state index contributed by atoms with van der Waals surface area (Å²) in [7, 11) is 0. The van der Waals surface area contributed by atoms with Crippen molar-refractivity contribution in [1.82, 2.24) is 5.32 Å². The maximum Gasteiger partial charge on any atom is 0.155 e. The molecule has 1 rings (SSSR count). The Bertz CT molecular complexity index is 338. The van der Waals surface area contributed by atoms with E-state index in [0.717, 1.165) is 18.3 Å². The zero-order valence-electron chi connectivity index (χ0n) is 15.5. The number of hydrogen-bond acceptors (Lipinski definition) is 2. The predicted molar refractivity (Wildman–Crippen MR) is 98.2 cm³/mol. The SMILES string of the molecule is C.CC1CC(C)CC(CC(NC(C)(C)C)C(=O)C(C)(C)C)C1. The minimum atomic E-state index is -0.269. The van der Waals surface area contributed by atoms with E-state index >= 15 is 0 Å². The highest BCUT2D eigenvalue weighted by Crippen LogP contribution is 2.36. The number of carbonyl (C=O) groups excluding carboxylic acids is 1. The lowest BCUT2D eigenvalue weighted by atomic mass is 9.72. The molecule has 1 aliphatic carbocycles. The van der Waals surface area contributed by atoms with Gasteiger partial charge in [-0.2, -0.15) is 0 Å². The van der Waals surface area contributed by atoms with Crippen LogP contribution in [0, 0.1) is 23.2 Å². The molecule has 0 radical (unpaired) electrons. The second-order valence-electron chi connectivity index (χ2n) is 9.58. The van der Waals surface area contributed by atoms with Crippen LogP contribution in [0.1, 0.15) is 88.5 Å². The Balaban J connectivity index is 0.00000441. The van der Waals surface area contributed by atoms with Crippen molar-refractivity contribution in [2.75, 3.05) is 0 Å². The molecule has 0 aliphatic heterocycles. The van der Waals surface area contributed by atoms with Gasteiger partial charge < -0.3 is 5.32 Å². The molecule has 0 amide bonds. The molecule has 1 saturated carbocycles. The fourth-order valence-corrected chi connectivity index (χ4v) is 3.92. The topological polar surface area (TPSA) is 29.1 Å². The lowest BCUT2D eigenvalue weighted by Crippen LogP contribution is -2.51. The molecule has 2 heteroatoms. The van der Waals surface area contributed by atoms with Gasteiger partial charge in [0, 0.05) is 11.0 Å². The van der Waals surface area contributed by atoms with Crippen molar-refractivity contribution in [2.45, 2.75) is 100 Å². The summed E-state index contributed by atoms with van der Waals surface area (Å²) < 4.78 is 0. The Labute approximate surface area is 139 Å². The maximum atomic E-state index is 12.8. The van der Waals surface area contributed by atoms with Gasteiger partial charge in [-0.25, -0.2) is 0 Å². The van der Waals surface area contributed by atoms with Gasteiger partial charge >= 0.3 is 0 Å². The Morgan fingerprint density at radius 2 is 1.45 bits per heavy atom. The van der Waals surface area contributed by atoms with Gasteiger partial charge in [0.1, 0.15) is 0 Å². The number of Topliss-reactive ketones (excluding diaryl/α,β-unsaturated/α-hetero) is 1. The summed E-state index contributed by atoms with van der Waals surface area (Å²) in [4.78, 5) is 12.8. The van der Waals surface area contributed by atoms with Crippen molar-refractivity contribution < 1.29 is 4.79 Å². The summed E-state index contributed by atoms with van der Waals surface area (Å²) in [5.74, 6) is 2.66. The van der Waals surface area contributed by atoms with Crippen LogP contribution in [0.2, 0.25) is 0 Å². The first-order chi connectivity index (χ1) is 9.38. The second-order valence-corrected chi connectivity index (χ2v) is 9.58. The Kier molecular flexibility index (Phi) is 7.81. The van der Waals surface area contributed by atoms with Crippen molar-refractivity contribution in [3.63, 3.8) is 0 Å². The summed E-state index contributed by atoms with van der Waals surface area (Å²) in [6.45, 7) is 17.3. The normalized spacial score (nSPS) is 27.9. The molecule has 2 nitrogen and oxygen atoms in total. The van der Waals surface area contributed by atoms with E-state index < -0.39 is 0 Å². The molecule has 0 spiro atoms. The Hall–Kier alpha value is -0.370. The number of ketones is 1. The smallest absolute Gasteiger partial charge is 0.155 e. The summed E-state index contributed by atoms with van der Waals surface area (Å²) in [6.07, 6.45) is 4.91. The molecule has 0 saturated heterocycles. The standard InChI is InChI=1S/C19H37NO.CH4/c1-13-9-14(2)11-15(10-13)12-16(20-19(6,7)8)17(21)18(3,4)5;/h13-16,20H,9-12H2,1-8H3;1H4. The number of carbonyl (C=O) groups is 1. The molecule has 22 heavy (non-hydrogen) atoms. The molecule has 0 heterocycles. The summed E-state index contributed by atoms with van der Waals surface area (Å²) in [5.41, 5.74) is -0.285. The number of hydrogen-bond donors (Lipinski definition) is 1. The van der Waals surface area contributed by atoms with E-state index in [1.807, 2.05) is 20.8 Å². The van der Waals surface area contributed by atoms with Gasteiger partial charge in [-0.3, -0.25) is 4.79 Å². The van der Waals surface area contributed by atoms with Crippen molar-refractivity contribution in [3.05, 3.63) is 0 Å². The van der Waals surface area contributed by atoms with Crippen LogP contribution in [-0.4, -0.2) is 17.4 Å². The molecule has 1 aliphatic rings. The van der Waals surface area contributed by atoms with E-state index in [2.05, 4.69) is 39.9 Å². The van der Waals surface area contributed by atoms with E-state index in [0.29, 0.717) is 11.7 Å². The fourth-order valence-electron chi connectivity index (χ4n) is 3.92. The minimum Gasteiger partial charge on any atom is -0.303 e. The molecule has 3 atom stereocenters. The molecule has 0 bridgehead atoms. The molecule has 1 N–H and O–H groups in total. The van der Waals surface area contributed by atoms with Gasteiger partial charge in [0.15, 0.2) is 5.78 Å². The van der Waals surface area contributed by atoms with E-state index in [9.17, 15) is 4.79 Å². The third-order valence-electron chi connectivity index (χ3n) is 4.51. The first-order valence-electron chi connectivity index (χ1n) is 8.70. The fraction of sp³-hybridized carbons (Fsp3) is 0.950. The molecule has 132 valence electrons. The second kappa shape index (κ2) is 7.95. The van der Waals surface area contributed by atoms with Crippen LogP contribution in [0.4, 0.5) is 0 Å². The van der Waals surface area contributed by atoms with Crippen molar-refractivity contribution >= 4 is 5.78 Å². The third-order valence-corrected chi connectivity index (χ3v) is 4.51.